The van der Waals surface area contributed by atoms with Crippen LogP contribution in [0.25, 0.3) is 0 Å². The molecule has 0 fully saturated rings. The van der Waals surface area contributed by atoms with Crippen molar-refractivity contribution in [3.8, 4) is 0 Å². The normalized spacial score (nSPS) is 12.0. The maximum atomic E-state index is 11.8. The highest BCUT2D eigenvalue weighted by Gasteiger charge is 2.20. The molecule has 20 heavy (non-hydrogen) atoms. The van der Waals surface area contributed by atoms with Gasteiger partial charge in [-0.1, -0.05) is 46.6 Å². The van der Waals surface area contributed by atoms with Crippen LogP contribution in [0.2, 0.25) is 5.15 Å². The van der Waals surface area contributed by atoms with Crippen molar-refractivity contribution < 1.29 is 9.53 Å². The zero-order chi connectivity index (χ0) is 14.7. The summed E-state index contributed by atoms with van der Waals surface area (Å²) in [4.78, 5) is 16.1. The van der Waals surface area contributed by atoms with Crippen molar-refractivity contribution in [3.63, 3.8) is 0 Å². The Hall–Kier alpha value is -1.39. The molecule has 1 aromatic carbocycles. The summed E-state index contributed by atoms with van der Waals surface area (Å²) in [6, 6.07) is 11.1. The van der Waals surface area contributed by atoms with Crippen molar-refractivity contribution in [2.75, 3.05) is 7.11 Å². The molecule has 0 saturated carbocycles. The third-order valence-corrected chi connectivity index (χ3v) is 3.82. The standard InChI is InChI=1S/C15H13BrClNO2/c1-9(10-3-5-11(16)6-4-10)14-12(15(19)20-2)7-8-13(17)18-14/h3-9H,1-2H3. The van der Waals surface area contributed by atoms with Gasteiger partial charge in [-0.05, 0) is 29.8 Å². The van der Waals surface area contributed by atoms with E-state index in [-0.39, 0.29) is 5.92 Å². The third-order valence-electron chi connectivity index (χ3n) is 3.08. The SMILES string of the molecule is COC(=O)c1ccc(Cl)nc1C(C)c1ccc(Br)cc1. The quantitative estimate of drug-likeness (QED) is 0.604. The van der Waals surface area contributed by atoms with Gasteiger partial charge in [-0.15, -0.1) is 0 Å². The summed E-state index contributed by atoms with van der Waals surface area (Å²) < 4.78 is 5.79. The van der Waals surface area contributed by atoms with Gasteiger partial charge in [0.25, 0.3) is 0 Å². The topological polar surface area (TPSA) is 39.2 Å². The molecule has 0 aliphatic heterocycles. The Morgan fingerprint density at radius 2 is 1.90 bits per heavy atom. The first-order chi connectivity index (χ1) is 9.52. The third kappa shape index (κ3) is 3.19. The zero-order valence-electron chi connectivity index (χ0n) is 11.1. The maximum Gasteiger partial charge on any atom is 0.339 e. The Kier molecular flexibility index (Phi) is 4.78. The average molecular weight is 355 g/mol. The molecular formula is C15H13BrClNO2. The predicted octanol–water partition coefficient (Wildman–Crippen LogP) is 4.44. The van der Waals surface area contributed by atoms with Crippen LogP contribution >= 0.6 is 27.5 Å². The van der Waals surface area contributed by atoms with Gasteiger partial charge < -0.3 is 4.74 Å². The molecule has 0 radical (unpaired) electrons. The lowest BCUT2D eigenvalue weighted by molar-refractivity contribution is 0.0598. The van der Waals surface area contributed by atoms with E-state index in [1.165, 1.54) is 7.11 Å². The summed E-state index contributed by atoms with van der Waals surface area (Å²) in [5.74, 6) is -0.468. The number of hydrogen-bond donors (Lipinski definition) is 0. The van der Waals surface area contributed by atoms with E-state index in [2.05, 4.69) is 20.9 Å². The molecule has 3 nitrogen and oxygen atoms in total. The minimum Gasteiger partial charge on any atom is -0.465 e. The van der Waals surface area contributed by atoms with Gasteiger partial charge in [0, 0.05) is 10.4 Å². The Labute approximate surface area is 131 Å². The van der Waals surface area contributed by atoms with E-state index in [4.69, 9.17) is 16.3 Å². The van der Waals surface area contributed by atoms with Crippen LogP contribution in [0, 0.1) is 0 Å². The Morgan fingerprint density at radius 1 is 1.25 bits per heavy atom. The van der Waals surface area contributed by atoms with E-state index in [0.29, 0.717) is 16.4 Å². The Morgan fingerprint density at radius 3 is 2.50 bits per heavy atom. The van der Waals surface area contributed by atoms with Crippen LogP contribution in [-0.2, 0) is 4.74 Å². The van der Waals surface area contributed by atoms with Gasteiger partial charge in [0.2, 0.25) is 0 Å². The van der Waals surface area contributed by atoms with Crippen LogP contribution in [0.1, 0.15) is 34.5 Å². The number of carbonyl (C=O) groups is 1. The van der Waals surface area contributed by atoms with Crippen LogP contribution in [0.5, 0.6) is 0 Å². The van der Waals surface area contributed by atoms with Gasteiger partial charge in [-0.25, -0.2) is 9.78 Å². The molecule has 5 heteroatoms. The predicted molar refractivity (Wildman–Crippen MR) is 82.2 cm³/mol. The number of esters is 1. The molecule has 1 atom stereocenters. The minimum absolute atomic E-state index is 0.0594. The Bertz CT molecular complexity index is 628. The van der Waals surface area contributed by atoms with Crippen molar-refractivity contribution >= 4 is 33.5 Å². The van der Waals surface area contributed by atoms with Gasteiger partial charge in [-0.2, -0.15) is 0 Å². The van der Waals surface area contributed by atoms with Crippen molar-refractivity contribution in [1.29, 1.82) is 0 Å². The Balaban J connectivity index is 2.47. The molecule has 2 aromatic rings. The average Bonchev–Trinajstić information content (AvgIpc) is 2.46. The molecule has 2 rings (SSSR count). The first-order valence-corrected chi connectivity index (χ1v) is 7.20. The highest BCUT2D eigenvalue weighted by Crippen LogP contribution is 2.28. The van der Waals surface area contributed by atoms with Crippen LogP contribution in [-0.4, -0.2) is 18.1 Å². The van der Waals surface area contributed by atoms with Crippen molar-refractivity contribution in [1.82, 2.24) is 4.98 Å². The molecule has 1 unspecified atom stereocenters. The molecule has 1 aromatic heterocycles. The molecule has 104 valence electrons. The lowest BCUT2D eigenvalue weighted by Gasteiger charge is -2.15. The summed E-state index contributed by atoms with van der Waals surface area (Å²) in [7, 11) is 1.35. The van der Waals surface area contributed by atoms with Crippen LogP contribution in [0.4, 0.5) is 0 Å². The van der Waals surface area contributed by atoms with Crippen LogP contribution in [0.3, 0.4) is 0 Å². The summed E-state index contributed by atoms with van der Waals surface area (Å²) in [5.41, 5.74) is 2.10. The number of halogens is 2. The summed E-state index contributed by atoms with van der Waals surface area (Å²) in [6.45, 7) is 1.98. The van der Waals surface area contributed by atoms with E-state index in [1.54, 1.807) is 12.1 Å². The second kappa shape index (κ2) is 6.37. The molecule has 0 aliphatic rings. The number of methoxy groups -OCH3 is 1. The monoisotopic (exact) mass is 353 g/mol. The molecule has 0 N–H and O–H groups in total. The molecule has 1 heterocycles. The molecule has 0 bridgehead atoms. The number of nitrogens with zero attached hydrogens (tertiary/aromatic N) is 1. The molecule has 0 saturated heterocycles. The van der Waals surface area contributed by atoms with Crippen LogP contribution in [0.15, 0.2) is 40.9 Å². The number of pyridine rings is 1. The number of benzene rings is 1. The lowest BCUT2D eigenvalue weighted by atomic mass is 9.94. The highest BCUT2D eigenvalue weighted by atomic mass is 79.9. The first kappa shape index (κ1) is 15.0. The van der Waals surface area contributed by atoms with Crippen LogP contribution < -0.4 is 0 Å². The maximum absolute atomic E-state index is 11.8. The summed E-state index contributed by atoms with van der Waals surface area (Å²) in [6.07, 6.45) is 0. The zero-order valence-corrected chi connectivity index (χ0v) is 13.4. The number of hydrogen-bond acceptors (Lipinski definition) is 3. The van der Waals surface area contributed by atoms with Gasteiger partial charge in [-0.3, -0.25) is 0 Å². The van der Waals surface area contributed by atoms with Gasteiger partial charge in [0.05, 0.1) is 18.4 Å². The van der Waals surface area contributed by atoms with Crippen molar-refractivity contribution in [3.05, 3.63) is 62.8 Å². The second-order valence-electron chi connectivity index (χ2n) is 4.33. The van der Waals surface area contributed by atoms with E-state index in [9.17, 15) is 4.79 Å². The fourth-order valence-electron chi connectivity index (χ4n) is 1.97. The fourth-order valence-corrected chi connectivity index (χ4v) is 2.39. The largest absolute Gasteiger partial charge is 0.465 e. The van der Waals surface area contributed by atoms with Gasteiger partial charge >= 0.3 is 5.97 Å². The summed E-state index contributed by atoms with van der Waals surface area (Å²) in [5, 5.41) is 0.358. The fraction of sp³-hybridized carbons (Fsp3) is 0.200. The number of rotatable bonds is 3. The number of aromatic nitrogens is 1. The molecular weight excluding hydrogens is 342 g/mol. The second-order valence-corrected chi connectivity index (χ2v) is 5.63. The lowest BCUT2D eigenvalue weighted by Crippen LogP contribution is -2.11. The minimum atomic E-state index is -0.409. The number of ether oxygens (including phenoxy) is 1. The van der Waals surface area contributed by atoms with E-state index in [0.717, 1.165) is 10.0 Å². The van der Waals surface area contributed by atoms with Crippen molar-refractivity contribution in [2.45, 2.75) is 12.8 Å². The van der Waals surface area contributed by atoms with E-state index in [1.807, 2.05) is 31.2 Å². The number of carbonyl (C=O) groups excluding carboxylic acids is 1. The smallest absolute Gasteiger partial charge is 0.339 e. The van der Waals surface area contributed by atoms with Crippen molar-refractivity contribution in [2.24, 2.45) is 0 Å². The van der Waals surface area contributed by atoms with E-state index < -0.39 is 5.97 Å². The van der Waals surface area contributed by atoms with Gasteiger partial charge in [0.15, 0.2) is 0 Å². The molecule has 0 spiro atoms. The van der Waals surface area contributed by atoms with Gasteiger partial charge in [0.1, 0.15) is 5.15 Å². The molecule has 0 amide bonds. The highest BCUT2D eigenvalue weighted by molar-refractivity contribution is 9.10. The first-order valence-electron chi connectivity index (χ1n) is 6.03. The van der Waals surface area contributed by atoms with E-state index >= 15 is 0 Å². The summed E-state index contributed by atoms with van der Waals surface area (Å²) >= 11 is 9.35. The molecule has 0 aliphatic carbocycles.